The van der Waals surface area contributed by atoms with Gasteiger partial charge in [-0.15, -0.1) is 0 Å². The Morgan fingerprint density at radius 1 is 1.00 bits per heavy atom. The van der Waals surface area contributed by atoms with E-state index < -0.39 is 0 Å². The van der Waals surface area contributed by atoms with Crippen LogP contribution in [0.3, 0.4) is 0 Å². The van der Waals surface area contributed by atoms with Crippen LogP contribution < -0.4 is 9.47 Å². The summed E-state index contributed by atoms with van der Waals surface area (Å²) in [4.78, 5) is 12.6. The first-order valence-corrected chi connectivity index (χ1v) is 7.05. The summed E-state index contributed by atoms with van der Waals surface area (Å²) in [7, 11) is 3.14. The van der Waals surface area contributed by atoms with Crippen molar-refractivity contribution < 1.29 is 14.3 Å². The van der Waals surface area contributed by atoms with E-state index >= 15 is 0 Å². The molecule has 2 aromatic carbocycles. The number of hydrogen-bond acceptors (Lipinski definition) is 3. The lowest BCUT2D eigenvalue weighted by molar-refractivity contribution is 0.103. The molecule has 3 heteroatoms. The van der Waals surface area contributed by atoms with Crippen LogP contribution in [0.5, 0.6) is 11.5 Å². The van der Waals surface area contributed by atoms with E-state index in [9.17, 15) is 4.79 Å². The maximum Gasteiger partial charge on any atom is 0.196 e. The smallest absolute Gasteiger partial charge is 0.196 e. The molecular formula is C18H20O3. The number of rotatable bonds is 6. The van der Waals surface area contributed by atoms with Gasteiger partial charge >= 0.3 is 0 Å². The Balaban J connectivity index is 2.34. The van der Waals surface area contributed by atoms with E-state index in [1.54, 1.807) is 32.4 Å². The van der Waals surface area contributed by atoms with Crippen LogP contribution in [0.25, 0.3) is 0 Å². The molecule has 0 radical (unpaired) electrons. The molecule has 2 aromatic rings. The molecule has 0 fully saturated rings. The van der Waals surface area contributed by atoms with Gasteiger partial charge in [0.2, 0.25) is 0 Å². The normalized spacial score (nSPS) is 10.2. The van der Waals surface area contributed by atoms with Crippen LogP contribution in [0.4, 0.5) is 0 Å². The summed E-state index contributed by atoms with van der Waals surface area (Å²) in [6.07, 6.45) is 2.12. The minimum atomic E-state index is -0.0613. The molecule has 0 amide bonds. The summed E-state index contributed by atoms with van der Waals surface area (Å²) in [6, 6.07) is 13.0. The van der Waals surface area contributed by atoms with Crippen molar-refractivity contribution in [2.75, 3.05) is 14.2 Å². The van der Waals surface area contributed by atoms with Gasteiger partial charge < -0.3 is 9.47 Å². The number of ether oxygens (including phenoxy) is 2. The molecule has 0 aliphatic rings. The maximum absolute atomic E-state index is 12.6. The number of ketones is 1. The first-order chi connectivity index (χ1) is 10.2. The number of methoxy groups -OCH3 is 2. The summed E-state index contributed by atoms with van der Waals surface area (Å²) in [5.41, 5.74) is 2.41. The Morgan fingerprint density at radius 2 is 1.71 bits per heavy atom. The predicted octanol–water partition coefficient (Wildman–Crippen LogP) is 3.89. The fraction of sp³-hybridized carbons (Fsp3) is 0.278. The number of aryl methyl sites for hydroxylation is 1. The lowest BCUT2D eigenvalue weighted by Gasteiger charge is -2.10. The van der Waals surface area contributed by atoms with Gasteiger partial charge in [0.05, 0.1) is 19.8 Å². The van der Waals surface area contributed by atoms with Gasteiger partial charge in [-0.05, 0) is 30.2 Å². The van der Waals surface area contributed by atoms with E-state index in [0.29, 0.717) is 22.6 Å². The van der Waals surface area contributed by atoms with E-state index in [1.807, 2.05) is 24.3 Å². The third kappa shape index (κ3) is 3.43. The Labute approximate surface area is 125 Å². The SMILES string of the molecule is CCCc1ccc(C(=O)c2cc(OC)ccc2OC)cc1. The molecule has 0 heterocycles. The molecule has 0 spiro atoms. The second-order valence-electron chi connectivity index (χ2n) is 4.84. The van der Waals surface area contributed by atoms with E-state index in [1.165, 1.54) is 5.56 Å². The van der Waals surface area contributed by atoms with Crippen molar-refractivity contribution in [1.82, 2.24) is 0 Å². The van der Waals surface area contributed by atoms with Crippen molar-refractivity contribution in [2.24, 2.45) is 0 Å². The van der Waals surface area contributed by atoms with Crippen molar-refractivity contribution in [3.63, 3.8) is 0 Å². The van der Waals surface area contributed by atoms with Crippen LogP contribution in [-0.4, -0.2) is 20.0 Å². The number of benzene rings is 2. The van der Waals surface area contributed by atoms with Crippen molar-refractivity contribution in [1.29, 1.82) is 0 Å². The quantitative estimate of drug-likeness (QED) is 0.755. The Morgan fingerprint density at radius 3 is 2.29 bits per heavy atom. The molecule has 2 rings (SSSR count). The lowest BCUT2D eigenvalue weighted by atomic mass is 10.00. The Hall–Kier alpha value is -2.29. The van der Waals surface area contributed by atoms with Crippen LogP contribution in [0.15, 0.2) is 42.5 Å². The summed E-state index contributed by atoms with van der Waals surface area (Å²) >= 11 is 0. The topological polar surface area (TPSA) is 35.5 Å². The third-order valence-electron chi connectivity index (χ3n) is 3.41. The van der Waals surface area contributed by atoms with Crippen LogP contribution in [0, 0.1) is 0 Å². The zero-order valence-corrected chi connectivity index (χ0v) is 12.7. The molecule has 0 atom stereocenters. The van der Waals surface area contributed by atoms with Gasteiger partial charge in [0, 0.05) is 5.56 Å². The largest absolute Gasteiger partial charge is 0.497 e. The highest BCUT2D eigenvalue weighted by atomic mass is 16.5. The average molecular weight is 284 g/mol. The molecule has 0 saturated carbocycles. The Bertz CT molecular complexity index is 615. The van der Waals surface area contributed by atoms with E-state index in [0.717, 1.165) is 12.8 Å². The van der Waals surface area contributed by atoms with Gasteiger partial charge in [-0.2, -0.15) is 0 Å². The molecule has 21 heavy (non-hydrogen) atoms. The monoisotopic (exact) mass is 284 g/mol. The Kier molecular flexibility index (Phi) is 4.99. The van der Waals surface area contributed by atoms with E-state index in [-0.39, 0.29) is 5.78 Å². The van der Waals surface area contributed by atoms with E-state index in [2.05, 4.69) is 6.92 Å². The minimum absolute atomic E-state index is 0.0613. The highest BCUT2D eigenvalue weighted by Gasteiger charge is 2.15. The van der Waals surface area contributed by atoms with Crippen molar-refractivity contribution in [2.45, 2.75) is 19.8 Å². The third-order valence-corrected chi connectivity index (χ3v) is 3.41. The molecule has 0 aromatic heterocycles. The summed E-state index contributed by atoms with van der Waals surface area (Å²) in [5, 5.41) is 0. The van der Waals surface area contributed by atoms with Gasteiger partial charge in [0.15, 0.2) is 5.78 Å². The second kappa shape index (κ2) is 6.93. The van der Waals surface area contributed by atoms with Gasteiger partial charge in [-0.1, -0.05) is 37.6 Å². The number of carbonyl (C=O) groups excluding carboxylic acids is 1. The summed E-state index contributed by atoms with van der Waals surface area (Å²) < 4.78 is 10.5. The summed E-state index contributed by atoms with van der Waals surface area (Å²) in [6.45, 7) is 2.14. The first-order valence-electron chi connectivity index (χ1n) is 7.05. The molecular weight excluding hydrogens is 264 g/mol. The van der Waals surface area contributed by atoms with Gasteiger partial charge in [0.25, 0.3) is 0 Å². The van der Waals surface area contributed by atoms with Crippen molar-refractivity contribution >= 4 is 5.78 Å². The van der Waals surface area contributed by atoms with Crippen LogP contribution in [0.1, 0.15) is 34.8 Å². The molecule has 110 valence electrons. The molecule has 0 N–H and O–H groups in total. The summed E-state index contributed by atoms with van der Waals surface area (Å²) in [5.74, 6) is 1.13. The zero-order chi connectivity index (χ0) is 15.2. The molecule has 0 bridgehead atoms. The fourth-order valence-corrected chi connectivity index (χ4v) is 2.26. The van der Waals surface area contributed by atoms with Gasteiger partial charge in [0.1, 0.15) is 11.5 Å². The molecule has 0 saturated heterocycles. The predicted molar refractivity (Wildman–Crippen MR) is 83.4 cm³/mol. The number of hydrogen-bond donors (Lipinski definition) is 0. The van der Waals surface area contributed by atoms with E-state index in [4.69, 9.17) is 9.47 Å². The van der Waals surface area contributed by atoms with Crippen LogP contribution in [-0.2, 0) is 6.42 Å². The molecule has 0 aliphatic carbocycles. The molecule has 0 aliphatic heterocycles. The number of carbonyl (C=O) groups is 1. The minimum Gasteiger partial charge on any atom is -0.497 e. The first kappa shape index (κ1) is 15.1. The maximum atomic E-state index is 12.6. The highest BCUT2D eigenvalue weighted by molar-refractivity contribution is 6.11. The second-order valence-corrected chi connectivity index (χ2v) is 4.84. The zero-order valence-electron chi connectivity index (χ0n) is 12.7. The lowest BCUT2D eigenvalue weighted by Crippen LogP contribution is -2.04. The van der Waals surface area contributed by atoms with Crippen molar-refractivity contribution in [3.05, 3.63) is 59.2 Å². The van der Waals surface area contributed by atoms with Gasteiger partial charge in [-0.3, -0.25) is 4.79 Å². The highest BCUT2D eigenvalue weighted by Crippen LogP contribution is 2.26. The van der Waals surface area contributed by atoms with Gasteiger partial charge in [-0.25, -0.2) is 0 Å². The molecule has 3 nitrogen and oxygen atoms in total. The molecule has 0 unspecified atom stereocenters. The van der Waals surface area contributed by atoms with Crippen LogP contribution >= 0.6 is 0 Å². The fourth-order valence-electron chi connectivity index (χ4n) is 2.26. The average Bonchev–Trinajstić information content (AvgIpc) is 2.54. The van der Waals surface area contributed by atoms with Crippen LogP contribution in [0.2, 0.25) is 0 Å². The van der Waals surface area contributed by atoms with Crippen molar-refractivity contribution in [3.8, 4) is 11.5 Å². The standard InChI is InChI=1S/C18H20O3/c1-4-5-13-6-8-14(9-7-13)18(19)16-12-15(20-2)10-11-17(16)21-3/h6-12H,4-5H2,1-3H3.